The van der Waals surface area contributed by atoms with Gasteiger partial charge in [0.2, 0.25) is 5.91 Å². The van der Waals surface area contributed by atoms with E-state index in [0.29, 0.717) is 6.42 Å². The maximum Gasteiger partial charge on any atom is 0.228 e. The van der Waals surface area contributed by atoms with Crippen LogP contribution in [0.5, 0.6) is 0 Å². The molecule has 1 aromatic carbocycles. The van der Waals surface area contributed by atoms with Crippen molar-refractivity contribution in [3.05, 3.63) is 48.6 Å². The molecular weight excluding hydrogens is 298 g/mol. The third-order valence-electron chi connectivity index (χ3n) is 4.97. The van der Waals surface area contributed by atoms with Crippen LogP contribution in [0.4, 0.5) is 0 Å². The first-order valence-electron chi connectivity index (χ1n) is 8.98. The predicted octanol–water partition coefficient (Wildman–Crippen LogP) is 4.73. The highest BCUT2D eigenvalue weighted by atomic mass is 16.3. The van der Waals surface area contributed by atoms with Gasteiger partial charge in [0.15, 0.2) is 0 Å². The van der Waals surface area contributed by atoms with Crippen LogP contribution in [-0.4, -0.2) is 29.0 Å². The lowest BCUT2D eigenvalue weighted by atomic mass is 9.79. The fourth-order valence-corrected chi connectivity index (χ4v) is 3.13. The van der Waals surface area contributed by atoms with E-state index in [-0.39, 0.29) is 11.9 Å². The van der Waals surface area contributed by atoms with Crippen LogP contribution in [0, 0.1) is 5.41 Å². The molecular formula is C21H33NO2. The Bertz CT molecular complexity index is 514. The number of benzene rings is 1. The second kappa shape index (κ2) is 9.63. The molecule has 1 rings (SSSR count). The summed E-state index contributed by atoms with van der Waals surface area (Å²) in [5, 5.41) is 10.6. The van der Waals surface area contributed by atoms with Gasteiger partial charge >= 0.3 is 0 Å². The first kappa shape index (κ1) is 20.4. The molecule has 0 heterocycles. The largest absolute Gasteiger partial charge is 0.386 e. The van der Waals surface area contributed by atoms with Gasteiger partial charge in [0.05, 0.1) is 12.1 Å². The summed E-state index contributed by atoms with van der Waals surface area (Å²) in [6, 6.07) is 9.23. The summed E-state index contributed by atoms with van der Waals surface area (Å²) in [4.78, 5) is 14.8. The zero-order valence-electron chi connectivity index (χ0n) is 15.7. The summed E-state index contributed by atoms with van der Waals surface area (Å²) >= 11 is 0. The molecule has 0 unspecified atom stereocenters. The molecule has 0 aliphatic heterocycles. The highest BCUT2D eigenvalue weighted by Gasteiger charge is 2.36. The fraction of sp³-hybridized carbons (Fsp3) is 0.571. The average Bonchev–Trinajstić information content (AvgIpc) is 2.60. The Hall–Kier alpha value is -1.61. The van der Waals surface area contributed by atoms with Gasteiger partial charge in [-0.15, -0.1) is 6.58 Å². The van der Waals surface area contributed by atoms with Crippen LogP contribution in [0.2, 0.25) is 0 Å². The minimum absolute atomic E-state index is 0.0842. The number of rotatable bonds is 10. The van der Waals surface area contributed by atoms with Crippen molar-refractivity contribution in [3.63, 3.8) is 0 Å². The molecule has 0 saturated carbocycles. The number of carbonyl (C=O) groups excluding carboxylic acids is 1. The number of amides is 1. The van der Waals surface area contributed by atoms with Gasteiger partial charge in [-0.3, -0.25) is 4.79 Å². The lowest BCUT2D eigenvalue weighted by Crippen LogP contribution is -2.46. The summed E-state index contributed by atoms with van der Waals surface area (Å²) in [7, 11) is 1.79. The fourth-order valence-electron chi connectivity index (χ4n) is 3.13. The molecule has 0 aliphatic carbocycles. The number of aliphatic hydroxyl groups excluding tert-OH is 1. The van der Waals surface area contributed by atoms with E-state index in [4.69, 9.17) is 0 Å². The standard InChI is InChI=1S/C21H33NO2/c1-6-8-12-16-21(4,15-7-2)20(24)22(5)17(3)19(23)18-13-10-9-11-14-18/h7,9-11,13-14,17,19,23H,2,6,8,12,15-16H2,1,3-5H3/t17-,19+,21-/m0/s1. The van der Waals surface area contributed by atoms with Gasteiger partial charge in [0, 0.05) is 12.5 Å². The lowest BCUT2D eigenvalue weighted by Gasteiger charge is -2.37. The van der Waals surface area contributed by atoms with Gasteiger partial charge in [0.1, 0.15) is 0 Å². The highest BCUT2D eigenvalue weighted by molar-refractivity contribution is 5.82. The zero-order valence-corrected chi connectivity index (χ0v) is 15.7. The van der Waals surface area contributed by atoms with E-state index in [1.807, 2.05) is 50.3 Å². The summed E-state index contributed by atoms with van der Waals surface area (Å²) < 4.78 is 0. The molecule has 3 atom stereocenters. The number of likely N-dealkylation sites (N-methyl/N-ethyl adjacent to an activating group) is 1. The Morgan fingerprint density at radius 1 is 1.33 bits per heavy atom. The Morgan fingerprint density at radius 2 is 1.96 bits per heavy atom. The second-order valence-electron chi connectivity index (χ2n) is 7.02. The van der Waals surface area contributed by atoms with Crippen molar-refractivity contribution in [1.82, 2.24) is 4.90 Å². The second-order valence-corrected chi connectivity index (χ2v) is 7.02. The molecule has 0 radical (unpaired) electrons. The van der Waals surface area contributed by atoms with Crippen molar-refractivity contribution >= 4 is 5.91 Å². The average molecular weight is 332 g/mol. The topological polar surface area (TPSA) is 40.5 Å². The predicted molar refractivity (Wildman–Crippen MR) is 101 cm³/mol. The van der Waals surface area contributed by atoms with Crippen molar-refractivity contribution in [1.29, 1.82) is 0 Å². The van der Waals surface area contributed by atoms with Crippen LogP contribution >= 0.6 is 0 Å². The molecule has 0 saturated heterocycles. The van der Waals surface area contributed by atoms with E-state index in [0.717, 1.165) is 31.2 Å². The number of carbonyl (C=O) groups is 1. The van der Waals surface area contributed by atoms with E-state index in [1.54, 1.807) is 11.9 Å². The van der Waals surface area contributed by atoms with Gasteiger partial charge in [-0.25, -0.2) is 0 Å². The molecule has 24 heavy (non-hydrogen) atoms. The molecule has 3 nitrogen and oxygen atoms in total. The van der Waals surface area contributed by atoms with Gasteiger partial charge < -0.3 is 10.0 Å². The molecule has 1 aromatic rings. The van der Waals surface area contributed by atoms with Crippen molar-refractivity contribution in [3.8, 4) is 0 Å². The quantitative estimate of drug-likeness (QED) is 0.497. The number of hydrogen-bond acceptors (Lipinski definition) is 2. The lowest BCUT2D eigenvalue weighted by molar-refractivity contribution is -0.144. The molecule has 0 bridgehead atoms. The third kappa shape index (κ3) is 5.20. The molecule has 1 amide bonds. The SMILES string of the molecule is C=CC[C@@](C)(CCCCC)C(=O)N(C)[C@@H](C)[C@@H](O)c1ccccc1. The Balaban J connectivity index is 2.86. The van der Waals surface area contributed by atoms with Crippen LogP contribution in [0.15, 0.2) is 43.0 Å². The molecule has 3 heteroatoms. The minimum atomic E-state index is -0.691. The van der Waals surface area contributed by atoms with Crippen LogP contribution < -0.4 is 0 Å². The molecule has 0 fully saturated rings. The summed E-state index contributed by atoms with van der Waals surface area (Å²) in [5.41, 5.74) is 0.386. The maximum absolute atomic E-state index is 13.1. The molecule has 1 N–H and O–H groups in total. The normalized spacial score (nSPS) is 16.0. The van der Waals surface area contributed by atoms with Gasteiger partial charge in [-0.1, -0.05) is 69.5 Å². The zero-order chi connectivity index (χ0) is 18.2. The maximum atomic E-state index is 13.1. The smallest absolute Gasteiger partial charge is 0.228 e. The molecule has 0 aliphatic rings. The number of hydrogen-bond donors (Lipinski definition) is 1. The monoisotopic (exact) mass is 331 g/mol. The Morgan fingerprint density at radius 3 is 2.50 bits per heavy atom. The highest BCUT2D eigenvalue weighted by Crippen LogP contribution is 2.33. The molecule has 0 spiro atoms. The van der Waals surface area contributed by atoms with E-state index in [1.165, 1.54) is 0 Å². The van der Waals surface area contributed by atoms with Crippen molar-refractivity contribution < 1.29 is 9.90 Å². The van der Waals surface area contributed by atoms with Crippen molar-refractivity contribution in [2.45, 2.75) is 65.0 Å². The van der Waals surface area contributed by atoms with Crippen LogP contribution in [0.1, 0.15) is 64.5 Å². The van der Waals surface area contributed by atoms with Gasteiger partial charge in [-0.05, 0) is 25.3 Å². The van der Waals surface area contributed by atoms with Crippen LogP contribution in [0.25, 0.3) is 0 Å². The summed E-state index contributed by atoms with van der Waals surface area (Å²) in [6.07, 6.45) is 5.96. The Labute approximate surface area is 147 Å². The molecule has 0 aromatic heterocycles. The Kier molecular flexibility index (Phi) is 8.20. The first-order valence-corrected chi connectivity index (χ1v) is 8.98. The minimum Gasteiger partial charge on any atom is -0.386 e. The number of unbranched alkanes of at least 4 members (excludes halogenated alkanes) is 2. The van der Waals surface area contributed by atoms with Crippen molar-refractivity contribution in [2.75, 3.05) is 7.05 Å². The van der Waals surface area contributed by atoms with Crippen LogP contribution in [0.3, 0.4) is 0 Å². The van der Waals surface area contributed by atoms with E-state index < -0.39 is 11.5 Å². The van der Waals surface area contributed by atoms with E-state index >= 15 is 0 Å². The van der Waals surface area contributed by atoms with Crippen LogP contribution in [-0.2, 0) is 4.79 Å². The summed E-state index contributed by atoms with van der Waals surface area (Å²) in [5.74, 6) is 0.0842. The summed E-state index contributed by atoms with van der Waals surface area (Å²) in [6.45, 7) is 9.90. The number of allylic oxidation sites excluding steroid dienone is 1. The van der Waals surface area contributed by atoms with Crippen molar-refractivity contribution in [2.24, 2.45) is 5.41 Å². The first-order chi connectivity index (χ1) is 11.4. The van der Waals surface area contributed by atoms with E-state index in [9.17, 15) is 9.90 Å². The van der Waals surface area contributed by atoms with E-state index in [2.05, 4.69) is 13.5 Å². The van der Waals surface area contributed by atoms with Gasteiger partial charge in [0.25, 0.3) is 0 Å². The third-order valence-corrected chi connectivity index (χ3v) is 4.97. The number of nitrogens with zero attached hydrogens (tertiary/aromatic N) is 1. The van der Waals surface area contributed by atoms with Gasteiger partial charge in [-0.2, -0.15) is 0 Å². The molecule has 134 valence electrons. The number of aliphatic hydroxyl groups is 1.